The highest BCUT2D eigenvalue weighted by Crippen LogP contribution is 2.28. The van der Waals surface area contributed by atoms with Gasteiger partial charge in [-0.3, -0.25) is 4.79 Å². The van der Waals surface area contributed by atoms with E-state index in [9.17, 15) is 4.79 Å². The minimum Gasteiger partial charge on any atom is -0.385 e. The van der Waals surface area contributed by atoms with Crippen LogP contribution >= 0.6 is 0 Å². The third kappa shape index (κ3) is 4.10. The molecule has 0 saturated carbocycles. The predicted molar refractivity (Wildman–Crippen MR) is 88.7 cm³/mol. The van der Waals surface area contributed by atoms with Gasteiger partial charge in [0.25, 0.3) is 5.91 Å². The van der Waals surface area contributed by atoms with Crippen molar-refractivity contribution in [2.45, 2.75) is 33.6 Å². The van der Waals surface area contributed by atoms with Crippen LogP contribution in [0.15, 0.2) is 29.8 Å². The van der Waals surface area contributed by atoms with Gasteiger partial charge in [0.2, 0.25) is 0 Å². The van der Waals surface area contributed by atoms with Crippen LogP contribution in [0.25, 0.3) is 0 Å². The van der Waals surface area contributed by atoms with Crippen molar-refractivity contribution in [3.63, 3.8) is 0 Å². The fraction of sp³-hybridized carbons (Fsp3) is 0.500. The molecular formula is C18H26N2O. The monoisotopic (exact) mass is 286 g/mol. The van der Waals surface area contributed by atoms with Crippen molar-refractivity contribution < 1.29 is 4.79 Å². The fourth-order valence-corrected chi connectivity index (χ4v) is 3.19. The second-order valence-electron chi connectivity index (χ2n) is 6.29. The van der Waals surface area contributed by atoms with Gasteiger partial charge in [-0.15, -0.1) is 0 Å². The average Bonchev–Trinajstić information content (AvgIpc) is 2.44. The number of nitrogens with one attached hydrogen (secondary N) is 2. The molecule has 0 spiro atoms. The SMILES string of the molecule is CNC(=O)c1ccc(C)c(NCC2CC(C)=CC(C)C2)c1. The maximum Gasteiger partial charge on any atom is 0.251 e. The number of allylic oxidation sites excluding steroid dienone is 2. The molecule has 0 bridgehead atoms. The number of benzene rings is 1. The molecule has 0 radical (unpaired) electrons. The molecule has 0 aliphatic heterocycles. The Morgan fingerprint density at radius 2 is 2.10 bits per heavy atom. The highest BCUT2D eigenvalue weighted by molar-refractivity contribution is 5.95. The van der Waals surface area contributed by atoms with Crippen LogP contribution < -0.4 is 10.6 Å². The highest BCUT2D eigenvalue weighted by Gasteiger charge is 2.18. The third-order valence-corrected chi connectivity index (χ3v) is 4.19. The predicted octanol–water partition coefficient (Wildman–Crippen LogP) is 3.76. The Balaban J connectivity index is 2.03. The van der Waals surface area contributed by atoms with E-state index < -0.39 is 0 Å². The maximum absolute atomic E-state index is 11.7. The van der Waals surface area contributed by atoms with Gasteiger partial charge in [0, 0.05) is 24.8 Å². The molecule has 1 aromatic carbocycles. The molecule has 0 saturated heterocycles. The average molecular weight is 286 g/mol. The summed E-state index contributed by atoms with van der Waals surface area (Å²) in [5.74, 6) is 1.31. The standard InChI is InChI=1S/C18H26N2O/c1-12-7-13(2)9-15(8-12)11-20-17-10-16(18(21)19-4)6-5-14(17)3/h5-7,10,12,15,20H,8-9,11H2,1-4H3,(H,19,21). The van der Waals surface area contributed by atoms with Crippen molar-refractivity contribution in [3.05, 3.63) is 41.0 Å². The summed E-state index contributed by atoms with van der Waals surface area (Å²) < 4.78 is 0. The molecule has 1 aromatic rings. The van der Waals surface area contributed by atoms with E-state index >= 15 is 0 Å². The summed E-state index contributed by atoms with van der Waals surface area (Å²) in [5, 5.41) is 6.21. The minimum atomic E-state index is -0.0388. The molecule has 3 nitrogen and oxygen atoms in total. The smallest absolute Gasteiger partial charge is 0.251 e. The molecule has 1 amide bonds. The van der Waals surface area contributed by atoms with Gasteiger partial charge in [-0.05, 0) is 56.2 Å². The molecule has 2 N–H and O–H groups in total. The van der Waals surface area contributed by atoms with E-state index in [1.165, 1.54) is 24.0 Å². The molecule has 21 heavy (non-hydrogen) atoms. The summed E-state index contributed by atoms with van der Waals surface area (Å²) in [6.07, 6.45) is 4.79. The molecule has 0 aromatic heterocycles. The largest absolute Gasteiger partial charge is 0.385 e. The number of carbonyl (C=O) groups excluding carboxylic acids is 1. The van der Waals surface area contributed by atoms with E-state index in [0.717, 1.165) is 12.2 Å². The molecule has 1 aliphatic rings. The molecule has 0 heterocycles. The first-order valence-corrected chi connectivity index (χ1v) is 7.73. The Hall–Kier alpha value is -1.77. The van der Waals surface area contributed by atoms with Gasteiger partial charge in [0.1, 0.15) is 0 Å². The maximum atomic E-state index is 11.7. The Morgan fingerprint density at radius 1 is 1.33 bits per heavy atom. The van der Waals surface area contributed by atoms with Crippen LogP contribution in [0.1, 0.15) is 42.6 Å². The zero-order valence-corrected chi connectivity index (χ0v) is 13.5. The molecule has 2 atom stereocenters. The highest BCUT2D eigenvalue weighted by atomic mass is 16.1. The molecular weight excluding hydrogens is 260 g/mol. The minimum absolute atomic E-state index is 0.0388. The van der Waals surface area contributed by atoms with Gasteiger partial charge in [0.05, 0.1) is 0 Å². The van der Waals surface area contributed by atoms with Crippen molar-refractivity contribution in [2.75, 3.05) is 18.9 Å². The summed E-state index contributed by atoms with van der Waals surface area (Å²) in [4.78, 5) is 11.7. The van der Waals surface area contributed by atoms with Crippen LogP contribution in [0.3, 0.4) is 0 Å². The van der Waals surface area contributed by atoms with Crippen LogP contribution in [-0.4, -0.2) is 19.5 Å². The fourth-order valence-electron chi connectivity index (χ4n) is 3.19. The second kappa shape index (κ2) is 6.79. The summed E-state index contributed by atoms with van der Waals surface area (Å²) in [5.41, 5.74) is 4.45. The topological polar surface area (TPSA) is 41.1 Å². The van der Waals surface area contributed by atoms with Crippen molar-refractivity contribution >= 4 is 11.6 Å². The van der Waals surface area contributed by atoms with E-state index in [2.05, 4.69) is 37.5 Å². The molecule has 2 unspecified atom stereocenters. The van der Waals surface area contributed by atoms with Crippen LogP contribution in [0.5, 0.6) is 0 Å². The van der Waals surface area contributed by atoms with E-state index in [1.807, 2.05) is 18.2 Å². The van der Waals surface area contributed by atoms with Crippen molar-refractivity contribution in [1.29, 1.82) is 0 Å². The van der Waals surface area contributed by atoms with E-state index in [4.69, 9.17) is 0 Å². The number of amides is 1. The van der Waals surface area contributed by atoms with Crippen molar-refractivity contribution in [2.24, 2.45) is 11.8 Å². The van der Waals surface area contributed by atoms with Gasteiger partial charge in [0.15, 0.2) is 0 Å². The summed E-state index contributed by atoms with van der Waals surface area (Å²) in [6, 6.07) is 5.82. The Kier molecular flexibility index (Phi) is 5.05. The van der Waals surface area contributed by atoms with E-state index in [-0.39, 0.29) is 5.91 Å². The molecule has 114 valence electrons. The first-order chi connectivity index (χ1) is 9.99. The third-order valence-electron chi connectivity index (χ3n) is 4.19. The van der Waals surface area contributed by atoms with Crippen LogP contribution in [0.4, 0.5) is 5.69 Å². The molecule has 2 rings (SSSR count). The van der Waals surface area contributed by atoms with Gasteiger partial charge in [-0.2, -0.15) is 0 Å². The molecule has 1 aliphatic carbocycles. The molecule has 3 heteroatoms. The number of hydrogen-bond acceptors (Lipinski definition) is 2. The quantitative estimate of drug-likeness (QED) is 0.827. The first-order valence-electron chi connectivity index (χ1n) is 7.73. The van der Waals surface area contributed by atoms with Gasteiger partial charge >= 0.3 is 0 Å². The number of hydrogen-bond donors (Lipinski definition) is 2. The van der Waals surface area contributed by atoms with E-state index in [1.54, 1.807) is 7.05 Å². The van der Waals surface area contributed by atoms with Crippen molar-refractivity contribution in [1.82, 2.24) is 5.32 Å². The lowest BCUT2D eigenvalue weighted by Gasteiger charge is -2.26. The van der Waals surface area contributed by atoms with Crippen LogP contribution in [0.2, 0.25) is 0 Å². The lowest BCUT2D eigenvalue weighted by molar-refractivity contribution is 0.0963. The number of rotatable bonds is 4. The second-order valence-corrected chi connectivity index (χ2v) is 6.29. The first kappa shape index (κ1) is 15.6. The van der Waals surface area contributed by atoms with Crippen LogP contribution in [-0.2, 0) is 0 Å². The summed E-state index contributed by atoms with van der Waals surface area (Å²) in [6.45, 7) is 7.55. The van der Waals surface area contributed by atoms with Gasteiger partial charge in [-0.1, -0.05) is 24.6 Å². The lowest BCUT2D eigenvalue weighted by Crippen LogP contribution is -2.21. The zero-order valence-electron chi connectivity index (χ0n) is 13.5. The Bertz CT molecular complexity index is 548. The van der Waals surface area contributed by atoms with Gasteiger partial charge < -0.3 is 10.6 Å². The zero-order chi connectivity index (χ0) is 15.4. The number of anilines is 1. The van der Waals surface area contributed by atoms with Gasteiger partial charge in [-0.25, -0.2) is 0 Å². The Labute approximate surface area is 127 Å². The number of aryl methyl sites for hydroxylation is 1. The normalized spacial score (nSPS) is 21.6. The lowest BCUT2D eigenvalue weighted by atomic mass is 9.83. The van der Waals surface area contributed by atoms with Crippen LogP contribution in [0, 0.1) is 18.8 Å². The number of carbonyl (C=O) groups is 1. The molecule has 0 fully saturated rings. The summed E-state index contributed by atoms with van der Waals surface area (Å²) in [7, 11) is 1.66. The van der Waals surface area contributed by atoms with E-state index in [0.29, 0.717) is 17.4 Å². The Morgan fingerprint density at radius 3 is 2.76 bits per heavy atom. The van der Waals surface area contributed by atoms with Crippen molar-refractivity contribution in [3.8, 4) is 0 Å². The summed E-state index contributed by atoms with van der Waals surface area (Å²) >= 11 is 0.